The minimum Gasteiger partial charge on any atom is -0.431 e. The van der Waals surface area contributed by atoms with Gasteiger partial charge in [0.15, 0.2) is 0 Å². The molecule has 2 aromatic rings. The molecule has 2 aromatic carbocycles. The second kappa shape index (κ2) is 3.52. The zero-order chi connectivity index (χ0) is 11.9. The van der Waals surface area contributed by atoms with Gasteiger partial charge in [-0.2, -0.15) is 0 Å². The smallest absolute Gasteiger partial charge is 0.349 e. The van der Waals surface area contributed by atoms with Crippen LogP contribution in [0.3, 0.4) is 0 Å². The Labute approximate surface area is 99.7 Å². The van der Waals surface area contributed by atoms with Crippen molar-refractivity contribution in [3.8, 4) is 29.0 Å². The highest BCUT2D eigenvalue weighted by molar-refractivity contribution is 7.72. The van der Waals surface area contributed by atoms with Crippen molar-refractivity contribution in [1.82, 2.24) is 0 Å². The molecule has 0 radical (unpaired) electrons. The summed E-state index contributed by atoms with van der Waals surface area (Å²) in [5, 5.41) is 0.612. The molecule has 1 aliphatic rings. The first-order valence-corrected chi connectivity index (χ1v) is 6.83. The van der Waals surface area contributed by atoms with Gasteiger partial charge < -0.3 is 4.52 Å². The van der Waals surface area contributed by atoms with Gasteiger partial charge in [-0.1, -0.05) is 36.4 Å². The molecular formula is C14H9O2P. The van der Waals surface area contributed by atoms with E-state index in [4.69, 9.17) is 10.9 Å². The van der Waals surface area contributed by atoms with E-state index in [1.807, 2.05) is 36.4 Å². The first-order valence-electron chi connectivity index (χ1n) is 5.21. The maximum absolute atomic E-state index is 12.5. The Kier molecular flexibility index (Phi) is 2.11. The summed E-state index contributed by atoms with van der Waals surface area (Å²) in [5.41, 5.74) is 4.14. The van der Waals surface area contributed by atoms with Crippen molar-refractivity contribution in [2.24, 2.45) is 0 Å². The molecule has 1 atom stereocenters. The van der Waals surface area contributed by atoms with Crippen LogP contribution in [0.5, 0.6) is 5.75 Å². The van der Waals surface area contributed by atoms with Crippen LogP contribution in [-0.4, -0.2) is 0 Å². The van der Waals surface area contributed by atoms with Gasteiger partial charge in [0.25, 0.3) is 0 Å². The first-order chi connectivity index (χ1) is 8.24. The highest BCUT2D eigenvalue weighted by Gasteiger charge is 2.33. The lowest BCUT2D eigenvalue weighted by atomic mass is 10.0. The van der Waals surface area contributed by atoms with Crippen LogP contribution in [0.4, 0.5) is 0 Å². The van der Waals surface area contributed by atoms with E-state index in [0.29, 0.717) is 11.1 Å². The van der Waals surface area contributed by atoms with Crippen molar-refractivity contribution in [1.29, 1.82) is 0 Å². The molecule has 0 saturated carbocycles. The van der Waals surface area contributed by atoms with Crippen LogP contribution < -0.4 is 9.83 Å². The van der Waals surface area contributed by atoms with Crippen molar-refractivity contribution in [3.63, 3.8) is 0 Å². The summed E-state index contributed by atoms with van der Waals surface area (Å²) >= 11 is 0. The molecule has 0 amide bonds. The summed E-state index contributed by atoms with van der Waals surface area (Å²) < 4.78 is 18.0. The van der Waals surface area contributed by atoms with Crippen LogP contribution in [0.25, 0.3) is 11.1 Å². The molecule has 82 valence electrons. The van der Waals surface area contributed by atoms with E-state index in [1.54, 1.807) is 12.1 Å². The number of terminal acetylenes is 1. The summed E-state index contributed by atoms with van der Waals surface area (Å²) in [6, 6.07) is 14.9. The Morgan fingerprint density at radius 3 is 2.41 bits per heavy atom. The minimum atomic E-state index is -3.19. The Morgan fingerprint density at radius 1 is 1.00 bits per heavy atom. The largest absolute Gasteiger partial charge is 0.431 e. The molecule has 3 rings (SSSR count). The van der Waals surface area contributed by atoms with Crippen LogP contribution in [0.1, 0.15) is 0 Å². The lowest BCUT2D eigenvalue weighted by Crippen LogP contribution is -2.16. The molecule has 0 spiro atoms. The van der Waals surface area contributed by atoms with E-state index < -0.39 is 7.37 Å². The molecule has 0 bridgehead atoms. The van der Waals surface area contributed by atoms with Crippen molar-refractivity contribution >= 4 is 12.7 Å². The van der Waals surface area contributed by atoms with Gasteiger partial charge in [-0.05, 0) is 12.1 Å². The summed E-state index contributed by atoms with van der Waals surface area (Å²) in [4.78, 5) is 0. The van der Waals surface area contributed by atoms with Crippen molar-refractivity contribution < 1.29 is 9.09 Å². The Balaban J connectivity index is 2.39. The Morgan fingerprint density at radius 2 is 1.65 bits per heavy atom. The van der Waals surface area contributed by atoms with Crippen LogP contribution >= 0.6 is 7.37 Å². The van der Waals surface area contributed by atoms with Crippen LogP contribution in [0.2, 0.25) is 0 Å². The van der Waals surface area contributed by atoms with Gasteiger partial charge in [-0.15, -0.1) is 6.42 Å². The minimum absolute atomic E-state index is 0.590. The van der Waals surface area contributed by atoms with Gasteiger partial charge in [0.1, 0.15) is 5.75 Å². The quantitative estimate of drug-likeness (QED) is 0.522. The standard InChI is InChI=1S/C14H9O2P/c1-2-17(15)14-10-6-4-8-12(14)11-7-3-5-9-13(11)16-17/h1,3-10H. The molecule has 1 heterocycles. The molecule has 17 heavy (non-hydrogen) atoms. The number of hydrogen-bond acceptors (Lipinski definition) is 2. The normalized spacial score (nSPS) is 20.6. The predicted molar refractivity (Wildman–Crippen MR) is 68.6 cm³/mol. The molecule has 0 N–H and O–H groups in total. The van der Waals surface area contributed by atoms with Gasteiger partial charge in [-0.3, -0.25) is 4.57 Å². The third kappa shape index (κ3) is 1.40. The number of hydrogen-bond donors (Lipinski definition) is 0. The Bertz CT molecular complexity index is 683. The average Bonchev–Trinajstić information content (AvgIpc) is 2.39. The maximum atomic E-state index is 12.5. The molecule has 0 aliphatic carbocycles. The maximum Gasteiger partial charge on any atom is 0.349 e. The van der Waals surface area contributed by atoms with E-state index in [0.717, 1.165) is 11.1 Å². The number of rotatable bonds is 0. The van der Waals surface area contributed by atoms with Crippen molar-refractivity contribution in [2.75, 3.05) is 0 Å². The zero-order valence-electron chi connectivity index (χ0n) is 8.96. The zero-order valence-corrected chi connectivity index (χ0v) is 9.85. The number of fused-ring (bicyclic) bond motifs is 3. The van der Waals surface area contributed by atoms with Gasteiger partial charge in [0.05, 0.1) is 5.30 Å². The summed E-state index contributed by atoms with van der Waals surface area (Å²) in [6.07, 6.45) is 5.37. The number of para-hydroxylation sites is 1. The highest BCUT2D eigenvalue weighted by atomic mass is 31.2. The van der Waals surface area contributed by atoms with Gasteiger partial charge in [0, 0.05) is 16.8 Å². The van der Waals surface area contributed by atoms with Crippen LogP contribution in [0, 0.1) is 12.1 Å². The molecule has 1 unspecified atom stereocenters. The summed E-state index contributed by atoms with van der Waals surface area (Å²) in [6.45, 7) is 0. The van der Waals surface area contributed by atoms with E-state index in [-0.39, 0.29) is 0 Å². The fourth-order valence-corrected chi connectivity index (χ4v) is 3.53. The molecule has 3 heteroatoms. The van der Waals surface area contributed by atoms with Crippen LogP contribution in [0.15, 0.2) is 48.5 Å². The second-order valence-corrected chi connectivity index (χ2v) is 5.81. The van der Waals surface area contributed by atoms with Crippen LogP contribution in [-0.2, 0) is 4.57 Å². The first kappa shape index (κ1) is 10.2. The van der Waals surface area contributed by atoms with E-state index in [1.165, 1.54) is 0 Å². The predicted octanol–water partition coefficient (Wildman–Crippen LogP) is 3.24. The lowest BCUT2D eigenvalue weighted by Gasteiger charge is -2.24. The molecule has 2 nitrogen and oxygen atoms in total. The van der Waals surface area contributed by atoms with E-state index in [2.05, 4.69) is 5.66 Å². The highest BCUT2D eigenvalue weighted by Crippen LogP contribution is 2.53. The summed E-state index contributed by atoms with van der Waals surface area (Å²) in [7, 11) is -3.19. The lowest BCUT2D eigenvalue weighted by molar-refractivity contribution is 0.503. The van der Waals surface area contributed by atoms with Gasteiger partial charge in [-0.25, -0.2) is 0 Å². The summed E-state index contributed by atoms with van der Waals surface area (Å²) in [5.74, 6) is 0.590. The van der Waals surface area contributed by atoms with Crippen molar-refractivity contribution in [2.45, 2.75) is 0 Å². The SMILES string of the molecule is C#CP1(=O)Oc2ccccc2-c2ccccc21. The van der Waals surface area contributed by atoms with E-state index >= 15 is 0 Å². The number of benzene rings is 2. The molecule has 1 aliphatic heterocycles. The molecule has 0 fully saturated rings. The third-order valence-corrected chi connectivity index (χ3v) is 4.61. The van der Waals surface area contributed by atoms with Crippen molar-refractivity contribution in [3.05, 3.63) is 48.5 Å². The monoisotopic (exact) mass is 240 g/mol. The molecule has 0 saturated heterocycles. The third-order valence-electron chi connectivity index (χ3n) is 2.80. The molecule has 0 aromatic heterocycles. The molecular weight excluding hydrogens is 231 g/mol. The Hall–Kier alpha value is -1.97. The fraction of sp³-hybridized carbons (Fsp3) is 0. The second-order valence-electron chi connectivity index (χ2n) is 3.79. The average molecular weight is 240 g/mol. The topological polar surface area (TPSA) is 26.3 Å². The fourth-order valence-electron chi connectivity index (χ4n) is 2.01. The van der Waals surface area contributed by atoms with Gasteiger partial charge in [0.2, 0.25) is 0 Å². The van der Waals surface area contributed by atoms with E-state index in [9.17, 15) is 4.57 Å². The van der Waals surface area contributed by atoms with Gasteiger partial charge >= 0.3 is 7.37 Å².